The molecule has 0 atom stereocenters. The monoisotopic (exact) mass is 194 g/mol. The summed E-state index contributed by atoms with van der Waals surface area (Å²) in [4.78, 5) is 9.00. The van der Waals surface area contributed by atoms with Crippen LogP contribution in [-0.2, 0) is 4.79 Å². The smallest absolute Gasteiger partial charge is 0.300 e. The Morgan fingerprint density at radius 3 is 2.23 bits per heavy atom. The quantitative estimate of drug-likeness (QED) is 0.680. The van der Waals surface area contributed by atoms with Crippen LogP contribution in [-0.4, -0.2) is 21.3 Å². The van der Waals surface area contributed by atoms with Gasteiger partial charge in [0.15, 0.2) is 0 Å². The Morgan fingerprint density at radius 2 is 1.85 bits per heavy atom. The third-order valence-corrected chi connectivity index (χ3v) is 1.49. The van der Waals surface area contributed by atoms with Crippen molar-refractivity contribution in [3.8, 4) is 0 Å². The van der Waals surface area contributed by atoms with Crippen molar-refractivity contribution >= 4 is 22.3 Å². The zero-order valence-corrected chi connectivity index (χ0v) is 9.90. The maximum Gasteiger partial charge on any atom is 0.300 e. The zero-order chi connectivity index (χ0) is 10.1. The summed E-state index contributed by atoms with van der Waals surface area (Å²) >= 11 is 0. The summed E-state index contributed by atoms with van der Waals surface area (Å²) in [7, 11) is 1.14. The first-order valence-electron chi connectivity index (χ1n) is 4.04. The highest BCUT2D eigenvalue weighted by atomic mass is 28.1. The maximum atomic E-state index is 9.00. The van der Waals surface area contributed by atoms with Crippen molar-refractivity contribution in [2.24, 2.45) is 0 Å². The average molecular weight is 194 g/mol. The summed E-state index contributed by atoms with van der Waals surface area (Å²) < 4.78 is 0. The van der Waals surface area contributed by atoms with Crippen molar-refractivity contribution < 1.29 is 9.90 Å². The van der Waals surface area contributed by atoms with E-state index in [2.05, 4.69) is 36.0 Å². The number of rotatable bonds is 1. The van der Waals surface area contributed by atoms with E-state index in [-0.39, 0.29) is 0 Å². The molecule has 0 spiro atoms. The molecule has 2 nitrogen and oxygen atoms in total. The van der Waals surface area contributed by atoms with Gasteiger partial charge in [-0.25, -0.2) is 0 Å². The molecule has 0 bridgehead atoms. The van der Waals surface area contributed by atoms with E-state index in [4.69, 9.17) is 9.90 Å². The second kappa shape index (κ2) is 7.30. The lowest BCUT2D eigenvalue weighted by Gasteiger charge is -1.87. The second-order valence-electron chi connectivity index (χ2n) is 2.43. The molecule has 0 heterocycles. The molecule has 0 aliphatic carbocycles. The van der Waals surface area contributed by atoms with E-state index in [1.54, 1.807) is 0 Å². The molecule has 1 aromatic carbocycles. The van der Waals surface area contributed by atoms with Crippen LogP contribution in [0.1, 0.15) is 12.5 Å². The Hall–Kier alpha value is -1.35. The highest BCUT2D eigenvalue weighted by molar-refractivity contribution is 6.19. The molecule has 13 heavy (non-hydrogen) atoms. The summed E-state index contributed by atoms with van der Waals surface area (Å²) in [6.45, 7) is 1.08. The Balaban J connectivity index is 0.000000310. The molecule has 0 aliphatic heterocycles. The van der Waals surface area contributed by atoms with E-state index in [0.717, 1.165) is 17.2 Å². The largest absolute Gasteiger partial charge is 0.481 e. The van der Waals surface area contributed by atoms with Crippen LogP contribution in [0.3, 0.4) is 0 Å². The highest BCUT2D eigenvalue weighted by Crippen LogP contribution is 1.98. The number of hydrogen-bond acceptors (Lipinski definition) is 1. The molecule has 1 aromatic rings. The molecule has 1 rings (SSSR count). The number of carbonyl (C=O) groups is 1. The molecule has 0 amide bonds. The number of benzene rings is 1. The first kappa shape index (κ1) is 11.6. The fraction of sp³-hybridized carbons (Fsp3) is 0.100. The second-order valence-corrected chi connectivity index (χ2v) is 3.10. The van der Waals surface area contributed by atoms with Gasteiger partial charge >= 0.3 is 0 Å². The zero-order valence-electron chi connectivity index (χ0n) is 7.90. The molecule has 0 unspecified atom stereocenters. The summed E-state index contributed by atoms with van der Waals surface area (Å²) in [5.41, 5.74) is 3.47. The van der Waals surface area contributed by atoms with Gasteiger partial charge in [-0.05, 0) is 5.56 Å². The predicted molar refractivity (Wildman–Crippen MR) is 58.7 cm³/mol. The molecule has 3 heteroatoms. The van der Waals surface area contributed by atoms with Gasteiger partial charge in [0.05, 0.1) is 0 Å². The van der Waals surface area contributed by atoms with Gasteiger partial charge in [0.25, 0.3) is 5.97 Å². The minimum absolute atomic E-state index is 0.833. The molecule has 0 saturated heterocycles. The molecule has 70 valence electrons. The van der Waals surface area contributed by atoms with Gasteiger partial charge in [0, 0.05) is 17.2 Å². The van der Waals surface area contributed by atoms with Crippen LogP contribution in [0.4, 0.5) is 0 Å². The van der Waals surface area contributed by atoms with E-state index in [0.29, 0.717) is 0 Å². The molecular weight excluding hydrogens is 180 g/mol. The number of aliphatic carboxylic acids is 1. The van der Waals surface area contributed by atoms with Crippen molar-refractivity contribution in [2.45, 2.75) is 6.92 Å². The molecular formula is C10H14O2Si. The van der Waals surface area contributed by atoms with Crippen molar-refractivity contribution in [3.63, 3.8) is 0 Å². The van der Waals surface area contributed by atoms with Gasteiger partial charge in [0.2, 0.25) is 0 Å². The van der Waals surface area contributed by atoms with Crippen molar-refractivity contribution in [2.75, 3.05) is 0 Å². The van der Waals surface area contributed by atoms with Gasteiger partial charge in [0.1, 0.15) is 0 Å². The van der Waals surface area contributed by atoms with Crippen LogP contribution in [0, 0.1) is 0 Å². The van der Waals surface area contributed by atoms with E-state index < -0.39 is 5.97 Å². The van der Waals surface area contributed by atoms with Crippen LogP contribution in [0.5, 0.6) is 0 Å². The van der Waals surface area contributed by atoms with E-state index in [9.17, 15) is 0 Å². The number of hydrogen-bond donors (Lipinski definition) is 1. The predicted octanol–water partition coefficient (Wildman–Crippen LogP) is 1.11. The lowest BCUT2D eigenvalue weighted by atomic mass is 10.2. The lowest BCUT2D eigenvalue weighted by Crippen LogP contribution is -1.78. The number of carboxylic acids is 1. The van der Waals surface area contributed by atoms with Crippen molar-refractivity contribution in [3.05, 3.63) is 41.6 Å². The third kappa shape index (κ3) is 8.55. The van der Waals surface area contributed by atoms with Crippen molar-refractivity contribution in [1.29, 1.82) is 0 Å². The normalized spacial score (nSPS) is 9.31. The fourth-order valence-electron chi connectivity index (χ4n) is 0.757. The standard InChI is InChI=1S/C8H10Si.C2H4O2/c9-7-6-8-4-2-1-3-5-8;1-2(3)4/h1-7H,9H3;1H3,(H,3,4). The summed E-state index contributed by atoms with van der Waals surface area (Å²) in [5, 5.41) is 7.42. The van der Waals surface area contributed by atoms with Gasteiger partial charge in [-0.2, -0.15) is 0 Å². The van der Waals surface area contributed by atoms with Gasteiger partial charge in [-0.1, -0.05) is 36.4 Å². The van der Waals surface area contributed by atoms with Gasteiger partial charge < -0.3 is 5.11 Å². The number of carboxylic acid groups (broad SMARTS) is 1. The molecule has 0 aromatic heterocycles. The van der Waals surface area contributed by atoms with E-state index in [1.165, 1.54) is 5.56 Å². The summed E-state index contributed by atoms with van der Waals surface area (Å²) in [6.07, 6.45) is 2.15. The first-order valence-corrected chi connectivity index (χ1v) is 5.19. The summed E-state index contributed by atoms with van der Waals surface area (Å²) in [6, 6.07) is 10.3. The molecule has 0 saturated carbocycles. The van der Waals surface area contributed by atoms with Crippen molar-refractivity contribution in [1.82, 2.24) is 0 Å². The molecule has 0 radical (unpaired) electrons. The molecule has 0 aliphatic rings. The molecule has 1 N–H and O–H groups in total. The van der Waals surface area contributed by atoms with Crippen LogP contribution in [0.15, 0.2) is 36.0 Å². The third-order valence-electron chi connectivity index (χ3n) is 1.16. The minimum atomic E-state index is -0.833. The van der Waals surface area contributed by atoms with Gasteiger partial charge in [-0.3, -0.25) is 4.79 Å². The highest BCUT2D eigenvalue weighted by Gasteiger charge is 1.77. The van der Waals surface area contributed by atoms with Crippen LogP contribution in [0.2, 0.25) is 0 Å². The average Bonchev–Trinajstić information content (AvgIpc) is 2.06. The van der Waals surface area contributed by atoms with E-state index >= 15 is 0 Å². The molecule has 0 fully saturated rings. The van der Waals surface area contributed by atoms with Gasteiger partial charge in [-0.15, -0.1) is 5.70 Å². The van der Waals surface area contributed by atoms with Crippen LogP contribution in [0.25, 0.3) is 6.08 Å². The Kier molecular flexibility index (Phi) is 6.54. The first-order chi connectivity index (χ1) is 6.16. The Labute approximate surface area is 81.3 Å². The fourth-order valence-corrected chi connectivity index (χ4v) is 1.14. The van der Waals surface area contributed by atoms with E-state index in [1.807, 2.05) is 6.07 Å². The minimum Gasteiger partial charge on any atom is -0.481 e. The topological polar surface area (TPSA) is 37.3 Å². The Morgan fingerprint density at radius 1 is 1.38 bits per heavy atom. The lowest BCUT2D eigenvalue weighted by molar-refractivity contribution is -0.134. The van der Waals surface area contributed by atoms with Crippen LogP contribution < -0.4 is 0 Å². The maximum absolute atomic E-state index is 9.00. The van der Waals surface area contributed by atoms with Crippen LogP contribution >= 0.6 is 0 Å². The summed E-state index contributed by atoms with van der Waals surface area (Å²) in [5.74, 6) is -0.833. The Bertz CT molecular complexity index is 264. The SMILES string of the molecule is CC(=O)O.[SiH3]C=Cc1ccccc1.